The molecule has 2 aromatic carbocycles. The summed E-state index contributed by atoms with van der Waals surface area (Å²) in [5, 5.41) is 29.7. The summed E-state index contributed by atoms with van der Waals surface area (Å²) >= 11 is 0. The van der Waals surface area contributed by atoms with Gasteiger partial charge in [0.05, 0.1) is 49.4 Å². The number of nitrogens with one attached hydrogen (secondary N) is 3. The van der Waals surface area contributed by atoms with E-state index in [4.69, 9.17) is 4.74 Å². The van der Waals surface area contributed by atoms with Gasteiger partial charge in [-0.2, -0.15) is 0 Å². The van der Waals surface area contributed by atoms with Crippen molar-refractivity contribution in [3.63, 3.8) is 0 Å². The summed E-state index contributed by atoms with van der Waals surface area (Å²) in [5.74, 6) is -1.31. The van der Waals surface area contributed by atoms with Gasteiger partial charge in [-0.25, -0.2) is 4.98 Å². The molecule has 11 nitrogen and oxygen atoms in total. The van der Waals surface area contributed by atoms with Crippen LogP contribution >= 0.6 is 0 Å². The van der Waals surface area contributed by atoms with Crippen LogP contribution in [0.25, 0.3) is 10.8 Å². The van der Waals surface area contributed by atoms with E-state index in [9.17, 15) is 24.6 Å². The van der Waals surface area contributed by atoms with Crippen molar-refractivity contribution in [3.05, 3.63) is 66.2 Å². The number of nitrogens with zero attached hydrogens (tertiary/aromatic N) is 2. The van der Waals surface area contributed by atoms with Gasteiger partial charge in [0.25, 0.3) is 0 Å². The van der Waals surface area contributed by atoms with Crippen molar-refractivity contribution in [2.45, 2.75) is 102 Å². The van der Waals surface area contributed by atoms with Crippen LogP contribution in [-0.2, 0) is 32.0 Å². The fraction of sp³-hybridized carbons (Fsp3) is 0.579. The van der Waals surface area contributed by atoms with Crippen molar-refractivity contribution in [1.82, 2.24) is 25.5 Å². The van der Waals surface area contributed by atoms with Gasteiger partial charge in [-0.15, -0.1) is 0 Å². The third-order valence-electron chi connectivity index (χ3n) is 10.2. The molecule has 3 unspecified atom stereocenters. The maximum absolute atomic E-state index is 14.3. The number of aromatic amines is 1. The smallest absolute Gasteiger partial charge is 0.243 e. The normalized spacial score (nSPS) is 18.7. The Balaban J connectivity index is 1.38. The van der Waals surface area contributed by atoms with Crippen molar-refractivity contribution in [2.75, 3.05) is 26.3 Å². The molecular weight excluding hydrogens is 622 g/mol. The maximum atomic E-state index is 14.3. The zero-order chi connectivity index (χ0) is 34.6. The Bertz CT molecular complexity index is 1480. The number of aromatic nitrogens is 2. The van der Waals surface area contributed by atoms with Gasteiger partial charge in [-0.05, 0) is 41.5 Å². The molecule has 2 heterocycles. The summed E-state index contributed by atoms with van der Waals surface area (Å²) in [4.78, 5) is 50.9. The molecule has 1 aliphatic carbocycles. The predicted octanol–water partition coefficient (Wildman–Crippen LogP) is 3.68. The molecule has 1 aromatic heterocycles. The molecule has 1 aliphatic heterocycles. The Morgan fingerprint density at radius 2 is 1.73 bits per heavy atom. The van der Waals surface area contributed by atoms with E-state index in [0.29, 0.717) is 57.2 Å². The zero-order valence-corrected chi connectivity index (χ0v) is 28.7. The molecule has 0 radical (unpaired) electrons. The third-order valence-corrected chi connectivity index (χ3v) is 10.2. The molecule has 5 atom stereocenters. The van der Waals surface area contributed by atoms with Crippen LogP contribution in [0, 0.1) is 11.8 Å². The van der Waals surface area contributed by atoms with E-state index in [1.54, 1.807) is 11.1 Å². The minimum atomic E-state index is -0.999. The lowest BCUT2D eigenvalue weighted by molar-refractivity contribution is -0.140. The van der Waals surface area contributed by atoms with Crippen molar-refractivity contribution in [2.24, 2.45) is 11.8 Å². The van der Waals surface area contributed by atoms with Gasteiger partial charge in [0.15, 0.2) is 0 Å². The van der Waals surface area contributed by atoms with E-state index in [1.165, 1.54) is 12.7 Å². The average Bonchev–Trinajstić information content (AvgIpc) is 3.64. The molecular formula is C38H53N5O6. The number of carbonyl (C=O) groups is 3. The van der Waals surface area contributed by atoms with Gasteiger partial charge in [0.2, 0.25) is 17.7 Å². The van der Waals surface area contributed by atoms with Crippen molar-refractivity contribution in [3.8, 4) is 0 Å². The fourth-order valence-electron chi connectivity index (χ4n) is 7.24. The molecule has 1 saturated carbocycles. The molecule has 0 spiro atoms. The summed E-state index contributed by atoms with van der Waals surface area (Å²) in [7, 11) is 0. The fourth-order valence-corrected chi connectivity index (χ4v) is 7.24. The Hall–Kier alpha value is -3.80. The van der Waals surface area contributed by atoms with Gasteiger partial charge in [0.1, 0.15) is 6.04 Å². The second-order valence-electron chi connectivity index (χ2n) is 13.8. The van der Waals surface area contributed by atoms with Gasteiger partial charge < -0.3 is 35.5 Å². The van der Waals surface area contributed by atoms with Crippen LogP contribution in [0.4, 0.5) is 0 Å². The van der Waals surface area contributed by atoms with Crippen LogP contribution in [0.3, 0.4) is 0 Å². The molecule has 266 valence electrons. The van der Waals surface area contributed by atoms with Crippen LogP contribution in [0.1, 0.15) is 76.0 Å². The van der Waals surface area contributed by atoms with Crippen molar-refractivity contribution < 1.29 is 29.3 Å². The lowest BCUT2D eigenvalue weighted by atomic mass is 9.83. The first kappa shape index (κ1) is 36.5. The molecule has 3 amide bonds. The summed E-state index contributed by atoms with van der Waals surface area (Å²) in [6.45, 7) is 3.73. The number of aliphatic hydroxyl groups is 2. The number of H-pyrrole nitrogens is 1. The third kappa shape index (κ3) is 10.6. The first-order valence-corrected chi connectivity index (χ1v) is 18.1. The number of hydrogen-bond donors (Lipinski definition) is 5. The van der Waals surface area contributed by atoms with Crippen LogP contribution in [0.5, 0.6) is 0 Å². The molecule has 2 aliphatic rings. The highest BCUT2D eigenvalue weighted by Crippen LogP contribution is 2.29. The second kappa shape index (κ2) is 18.3. The highest BCUT2D eigenvalue weighted by atomic mass is 16.5. The van der Waals surface area contributed by atoms with Crippen LogP contribution in [-0.4, -0.2) is 93.4 Å². The van der Waals surface area contributed by atoms with E-state index in [1.807, 2.05) is 49.4 Å². The molecule has 11 heteroatoms. The SMILES string of the molecule is CCC(O)CC(O)[C@H](CC1CCCCC1)NC(=O)[C@H](Cc1c[nH]cn1)NC(=O)C(CC(=O)N1CCOCC1)Cc1cccc2ccccc12. The van der Waals surface area contributed by atoms with Crippen LogP contribution in [0.2, 0.25) is 0 Å². The Morgan fingerprint density at radius 1 is 0.980 bits per heavy atom. The number of carbonyl (C=O) groups excluding carboxylic acids is 3. The highest BCUT2D eigenvalue weighted by Gasteiger charge is 2.33. The lowest BCUT2D eigenvalue weighted by Crippen LogP contribution is -2.55. The van der Waals surface area contributed by atoms with E-state index in [2.05, 4.69) is 20.6 Å². The number of hydrogen-bond acceptors (Lipinski definition) is 7. The lowest BCUT2D eigenvalue weighted by Gasteiger charge is -2.32. The van der Waals surface area contributed by atoms with Gasteiger partial charge in [-0.1, -0.05) is 81.5 Å². The quantitative estimate of drug-likeness (QED) is 0.155. The minimum absolute atomic E-state index is 0.0102. The minimum Gasteiger partial charge on any atom is -0.393 e. The Labute approximate surface area is 289 Å². The summed E-state index contributed by atoms with van der Waals surface area (Å²) in [5.41, 5.74) is 1.55. The molecule has 3 aromatic rings. The number of rotatable bonds is 16. The second-order valence-corrected chi connectivity index (χ2v) is 13.8. The number of aliphatic hydroxyl groups excluding tert-OH is 2. The number of amides is 3. The highest BCUT2D eigenvalue weighted by molar-refractivity contribution is 5.92. The monoisotopic (exact) mass is 675 g/mol. The van der Waals surface area contributed by atoms with E-state index in [-0.39, 0.29) is 25.2 Å². The molecule has 5 N–H and O–H groups in total. The van der Waals surface area contributed by atoms with E-state index >= 15 is 0 Å². The largest absolute Gasteiger partial charge is 0.393 e. The summed E-state index contributed by atoms with van der Waals surface area (Å²) in [6.07, 6.45) is 8.80. The number of morpholine rings is 1. The van der Waals surface area contributed by atoms with Gasteiger partial charge in [0, 0.05) is 38.5 Å². The molecule has 2 fully saturated rings. The number of fused-ring (bicyclic) bond motifs is 1. The first-order valence-electron chi connectivity index (χ1n) is 18.1. The molecule has 5 rings (SSSR count). The van der Waals surface area contributed by atoms with Crippen LogP contribution in [0.15, 0.2) is 55.0 Å². The topological polar surface area (TPSA) is 157 Å². The van der Waals surface area contributed by atoms with Gasteiger partial charge in [-0.3, -0.25) is 14.4 Å². The summed E-state index contributed by atoms with van der Waals surface area (Å²) < 4.78 is 5.44. The standard InChI is InChI=1S/C38H53N5O6/c1-2-31(44)23-35(45)33(19-26-9-4-3-5-10-26)41-38(48)34(22-30-24-39-25-40-30)42-37(47)29(21-36(46)43-15-17-49-18-16-43)20-28-13-8-12-27-11-6-7-14-32(27)28/h6-8,11-14,24-26,29,31,33-35,44-45H,2-5,9-10,15-23H2,1H3,(H,39,40)(H,41,48)(H,42,47)/t29?,31?,33-,34-,35?/m0/s1. The van der Waals surface area contributed by atoms with Crippen molar-refractivity contribution >= 4 is 28.5 Å². The average molecular weight is 676 g/mol. The van der Waals surface area contributed by atoms with Crippen LogP contribution < -0.4 is 10.6 Å². The van der Waals surface area contributed by atoms with E-state index in [0.717, 1.165) is 42.0 Å². The maximum Gasteiger partial charge on any atom is 0.243 e. The number of ether oxygens (including phenoxy) is 1. The molecule has 1 saturated heterocycles. The number of benzene rings is 2. The zero-order valence-electron chi connectivity index (χ0n) is 28.7. The Kier molecular flexibility index (Phi) is 13.6. The van der Waals surface area contributed by atoms with Gasteiger partial charge >= 0.3 is 0 Å². The van der Waals surface area contributed by atoms with E-state index < -0.39 is 42.0 Å². The first-order chi connectivity index (χ1) is 23.8. The van der Waals surface area contributed by atoms with Crippen molar-refractivity contribution in [1.29, 1.82) is 0 Å². The Morgan fingerprint density at radius 3 is 2.47 bits per heavy atom. The molecule has 0 bridgehead atoms. The summed E-state index contributed by atoms with van der Waals surface area (Å²) in [6, 6.07) is 12.4. The molecule has 49 heavy (non-hydrogen) atoms. The predicted molar refractivity (Wildman–Crippen MR) is 187 cm³/mol. The number of imidazole rings is 1.